The van der Waals surface area contributed by atoms with Crippen LogP contribution in [0.1, 0.15) is 6.42 Å². The molecule has 2 aromatic rings. The van der Waals surface area contributed by atoms with Crippen molar-refractivity contribution in [1.29, 1.82) is 0 Å². The quantitative estimate of drug-likeness (QED) is 0.515. The van der Waals surface area contributed by atoms with E-state index in [2.05, 4.69) is 53.8 Å². The van der Waals surface area contributed by atoms with Crippen molar-refractivity contribution in [3.8, 4) is 11.5 Å². The van der Waals surface area contributed by atoms with Crippen LogP contribution in [-0.2, 0) is 9.47 Å². The normalized spacial score (nSPS) is 22.9. The number of anilines is 2. The number of benzene rings is 2. The van der Waals surface area contributed by atoms with Gasteiger partial charge in [0.15, 0.2) is 11.5 Å². The van der Waals surface area contributed by atoms with Gasteiger partial charge in [0.25, 0.3) is 0 Å². The summed E-state index contributed by atoms with van der Waals surface area (Å²) in [6, 6.07) is 12.9. The van der Waals surface area contributed by atoms with Gasteiger partial charge in [0.1, 0.15) is 0 Å². The van der Waals surface area contributed by atoms with Crippen LogP contribution in [0.2, 0.25) is 0 Å². The van der Waals surface area contributed by atoms with Gasteiger partial charge in [-0.1, -0.05) is 31.9 Å². The zero-order valence-corrected chi connectivity index (χ0v) is 18.6. The molecule has 0 unspecified atom stereocenters. The third-order valence-corrected chi connectivity index (χ3v) is 6.63. The Morgan fingerprint density at radius 3 is 2.25 bits per heavy atom. The molecule has 0 N–H and O–H groups in total. The molecule has 5 nitrogen and oxygen atoms in total. The van der Waals surface area contributed by atoms with E-state index in [0.29, 0.717) is 18.8 Å². The molecular weight excluding hydrogens is 488 g/mol. The van der Waals surface area contributed by atoms with Crippen LogP contribution >= 0.6 is 31.9 Å². The predicted molar refractivity (Wildman–Crippen MR) is 116 cm³/mol. The minimum atomic E-state index is 0.449. The third kappa shape index (κ3) is 3.71. The topological polar surface area (TPSA) is 34.2 Å². The fraction of sp³-hybridized carbons (Fsp3) is 0.429. The molecule has 0 spiro atoms. The average molecular weight is 510 g/mol. The zero-order valence-electron chi connectivity index (χ0n) is 15.4. The smallest absolute Gasteiger partial charge is 0.152 e. The molecule has 2 atom stereocenters. The van der Waals surface area contributed by atoms with E-state index < -0.39 is 0 Å². The lowest BCUT2D eigenvalue weighted by Crippen LogP contribution is -2.39. The molecule has 0 aromatic heterocycles. The van der Waals surface area contributed by atoms with E-state index in [1.807, 2.05) is 24.3 Å². The van der Waals surface area contributed by atoms with Crippen molar-refractivity contribution in [3.63, 3.8) is 0 Å². The standard InChI is InChI=1S/C21H22Br2N2O3/c22-14-1-3-18-20(9-14)28-21-10-15(23)2-4-19(21)25(18)6-8-26-7-5-24-12-17-11-16(24)13-27-17/h1-4,9-10,16-17H,5-8,11-13H2/t16-,17-/m1/s1. The minimum Gasteiger partial charge on any atom is -0.453 e. The van der Waals surface area contributed by atoms with Crippen LogP contribution in [0.3, 0.4) is 0 Å². The fourth-order valence-corrected chi connectivity index (χ4v) is 4.95. The van der Waals surface area contributed by atoms with Crippen LogP contribution in [0.15, 0.2) is 45.3 Å². The molecular formula is C21H22Br2N2O3. The number of fused-ring (bicyclic) bond motifs is 4. The van der Waals surface area contributed by atoms with Crippen LogP contribution in [0.4, 0.5) is 11.4 Å². The molecule has 0 amide bonds. The molecule has 0 saturated carbocycles. The van der Waals surface area contributed by atoms with Crippen molar-refractivity contribution in [2.45, 2.75) is 18.6 Å². The average Bonchev–Trinajstić information content (AvgIpc) is 3.30. The summed E-state index contributed by atoms with van der Waals surface area (Å²) in [5.74, 6) is 1.71. The number of ether oxygens (including phenoxy) is 3. The molecule has 3 aliphatic rings. The Morgan fingerprint density at radius 2 is 1.64 bits per heavy atom. The highest BCUT2D eigenvalue weighted by Gasteiger charge is 2.38. The fourth-order valence-electron chi connectivity index (χ4n) is 4.27. The lowest BCUT2D eigenvalue weighted by molar-refractivity contribution is 0.0163. The molecule has 7 heteroatoms. The summed E-state index contributed by atoms with van der Waals surface area (Å²) in [6.45, 7) is 5.14. The molecule has 2 bridgehead atoms. The predicted octanol–water partition coefficient (Wildman–Crippen LogP) is 4.95. The van der Waals surface area contributed by atoms with Gasteiger partial charge < -0.3 is 19.1 Å². The SMILES string of the molecule is Brc1ccc2c(c1)Oc1cc(Br)ccc1N2CCOCCN1C[C@H]2C[C@@H]1CO2. The molecule has 28 heavy (non-hydrogen) atoms. The zero-order chi connectivity index (χ0) is 19.1. The van der Waals surface area contributed by atoms with Gasteiger partial charge in [-0.2, -0.15) is 0 Å². The van der Waals surface area contributed by atoms with E-state index in [9.17, 15) is 0 Å². The Hall–Kier alpha value is -1.12. The molecule has 3 aliphatic heterocycles. The van der Waals surface area contributed by atoms with Gasteiger partial charge in [-0.05, 0) is 42.8 Å². The highest BCUT2D eigenvalue weighted by atomic mass is 79.9. The van der Waals surface area contributed by atoms with Crippen molar-refractivity contribution in [1.82, 2.24) is 4.90 Å². The number of halogens is 2. The Bertz CT molecular complexity index is 827. The molecule has 0 radical (unpaired) electrons. The minimum absolute atomic E-state index is 0.449. The van der Waals surface area contributed by atoms with Gasteiger partial charge in [-0.3, -0.25) is 4.90 Å². The Kier molecular flexibility index (Phi) is 5.36. The van der Waals surface area contributed by atoms with Gasteiger partial charge in [-0.25, -0.2) is 0 Å². The van der Waals surface area contributed by atoms with Gasteiger partial charge in [0.05, 0.1) is 37.3 Å². The van der Waals surface area contributed by atoms with Gasteiger partial charge in [0, 0.05) is 34.6 Å². The maximum Gasteiger partial charge on any atom is 0.152 e. The molecule has 2 saturated heterocycles. The molecule has 2 fully saturated rings. The lowest BCUT2D eigenvalue weighted by atomic mass is 10.1. The first-order chi connectivity index (χ1) is 13.7. The molecule has 5 rings (SSSR count). The number of likely N-dealkylation sites (tertiary alicyclic amines) is 1. The van der Waals surface area contributed by atoms with Crippen LogP contribution in [-0.4, -0.2) is 56.5 Å². The van der Waals surface area contributed by atoms with Crippen LogP contribution in [0, 0.1) is 0 Å². The Labute approximate surface area is 181 Å². The number of morpholine rings is 1. The highest BCUT2D eigenvalue weighted by Crippen LogP contribution is 2.48. The maximum absolute atomic E-state index is 6.13. The van der Waals surface area contributed by atoms with Crippen LogP contribution in [0.5, 0.6) is 11.5 Å². The summed E-state index contributed by atoms with van der Waals surface area (Å²) >= 11 is 7.08. The van der Waals surface area contributed by atoms with Crippen LogP contribution in [0.25, 0.3) is 0 Å². The number of rotatable bonds is 6. The van der Waals surface area contributed by atoms with E-state index >= 15 is 0 Å². The monoisotopic (exact) mass is 508 g/mol. The lowest BCUT2D eigenvalue weighted by Gasteiger charge is -2.33. The van der Waals surface area contributed by atoms with Crippen molar-refractivity contribution in [2.24, 2.45) is 0 Å². The molecule has 0 aliphatic carbocycles. The molecule has 3 heterocycles. The second-order valence-corrected chi connectivity index (χ2v) is 9.26. The van der Waals surface area contributed by atoms with Gasteiger partial charge in [0.2, 0.25) is 0 Å². The van der Waals surface area contributed by atoms with Gasteiger partial charge >= 0.3 is 0 Å². The first-order valence-electron chi connectivity index (χ1n) is 9.65. The highest BCUT2D eigenvalue weighted by molar-refractivity contribution is 9.10. The maximum atomic E-state index is 6.13. The van der Waals surface area contributed by atoms with E-state index in [1.165, 1.54) is 6.42 Å². The molecule has 2 aromatic carbocycles. The summed E-state index contributed by atoms with van der Waals surface area (Å²) in [7, 11) is 0. The molecule has 148 valence electrons. The first-order valence-corrected chi connectivity index (χ1v) is 11.2. The number of hydrogen-bond donors (Lipinski definition) is 0. The second kappa shape index (κ2) is 7.95. The van der Waals surface area contributed by atoms with E-state index in [-0.39, 0.29) is 0 Å². The van der Waals surface area contributed by atoms with E-state index in [4.69, 9.17) is 14.2 Å². The summed E-state index contributed by atoms with van der Waals surface area (Å²) in [5.41, 5.74) is 2.13. The van der Waals surface area contributed by atoms with Crippen molar-refractivity contribution in [3.05, 3.63) is 45.3 Å². The number of hydrogen-bond acceptors (Lipinski definition) is 5. The Morgan fingerprint density at radius 1 is 0.964 bits per heavy atom. The third-order valence-electron chi connectivity index (χ3n) is 5.64. The second-order valence-electron chi connectivity index (χ2n) is 7.43. The van der Waals surface area contributed by atoms with Crippen molar-refractivity contribution >= 4 is 43.2 Å². The Balaban J connectivity index is 1.23. The van der Waals surface area contributed by atoms with Crippen molar-refractivity contribution in [2.75, 3.05) is 44.4 Å². The number of nitrogens with zero attached hydrogens (tertiary/aromatic N) is 2. The largest absolute Gasteiger partial charge is 0.453 e. The van der Waals surface area contributed by atoms with Crippen LogP contribution < -0.4 is 9.64 Å². The van der Waals surface area contributed by atoms with Gasteiger partial charge in [-0.15, -0.1) is 0 Å². The summed E-state index contributed by atoms with van der Waals surface area (Å²) < 4.78 is 19.8. The summed E-state index contributed by atoms with van der Waals surface area (Å²) in [6.07, 6.45) is 1.64. The summed E-state index contributed by atoms with van der Waals surface area (Å²) in [5, 5.41) is 0. The first kappa shape index (κ1) is 18.9. The summed E-state index contributed by atoms with van der Waals surface area (Å²) in [4.78, 5) is 4.78. The van der Waals surface area contributed by atoms with Crippen molar-refractivity contribution < 1.29 is 14.2 Å². The van der Waals surface area contributed by atoms with E-state index in [1.54, 1.807) is 0 Å². The van der Waals surface area contributed by atoms with E-state index in [0.717, 1.165) is 64.7 Å².